The first kappa shape index (κ1) is 12.2. The summed E-state index contributed by atoms with van der Waals surface area (Å²) in [6, 6.07) is 5.88. The van der Waals surface area contributed by atoms with Crippen LogP contribution in [0, 0.1) is 0 Å². The molecule has 1 aliphatic heterocycles. The fraction of sp³-hybridized carbons (Fsp3) is 0.231. The number of imide groups is 1. The van der Waals surface area contributed by atoms with Gasteiger partial charge >= 0.3 is 6.03 Å². The van der Waals surface area contributed by atoms with Gasteiger partial charge in [0.25, 0.3) is 5.91 Å². The van der Waals surface area contributed by atoms with Crippen molar-refractivity contribution < 1.29 is 14.3 Å². The van der Waals surface area contributed by atoms with Gasteiger partial charge in [-0.05, 0) is 18.6 Å². The largest absolute Gasteiger partial charge is 0.497 e. The summed E-state index contributed by atoms with van der Waals surface area (Å²) in [6.45, 7) is 3.57. The first-order valence-electron chi connectivity index (χ1n) is 5.56. The molecule has 94 valence electrons. The molecule has 1 heterocycles. The smallest absolute Gasteiger partial charge is 0.329 e. The minimum Gasteiger partial charge on any atom is -0.497 e. The van der Waals surface area contributed by atoms with Gasteiger partial charge in [-0.15, -0.1) is 6.58 Å². The van der Waals surface area contributed by atoms with E-state index in [1.165, 1.54) is 7.11 Å². The van der Waals surface area contributed by atoms with E-state index in [0.29, 0.717) is 17.9 Å². The summed E-state index contributed by atoms with van der Waals surface area (Å²) >= 11 is 0. The molecule has 1 saturated heterocycles. The van der Waals surface area contributed by atoms with Crippen LogP contribution in [0.15, 0.2) is 36.9 Å². The third kappa shape index (κ3) is 2.07. The summed E-state index contributed by atoms with van der Waals surface area (Å²) in [6.07, 6.45) is 2.03. The quantitative estimate of drug-likeness (QED) is 0.649. The number of carbonyl (C=O) groups is 2. The van der Waals surface area contributed by atoms with Crippen LogP contribution in [0.4, 0.5) is 10.5 Å². The number of urea groups is 1. The van der Waals surface area contributed by atoms with Gasteiger partial charge in [-0.2, -0.15) is 0 Å². The summed E-state index contributed by atoms with van der Waals surface area (Å²) in [5.41, 5.74) is 0.503. The average Bonchev–Trinajstić information content (AvgIpc) is 2.65. The summed E-state index contributed by atoms with van der Waals surface area (Å²) in [7, 11) is 1.53. The summed E-state index contributed by atoms with van der Waals surface area (Å²) in [4.78, 5) is 25.0. The monoisotopic (exact) mass is 246 g/mol. The predicted molar refractivity (Wildman–Crippen MR) is 67.6 cm³/mol. The van der Waals surface area contributed by atoms with Gasteiger partial charge in [-0.25, -0.2) is 9.69 Å². The van der Waals surface area contributed by atoms with Crippen molar-refractivity contribution in [2.24, 2.45) is 0 Å². The number of carbonyl (C=O) groups excluding carboxylic acids is 2. The molecule has 18 heavy (non-hydrogen) atoms. The molecule has 1 N–H and O–H groups in total. The van der Waals surface area contributed by atoms with Crippen molar-refractivity contribution in [1.82, 2.24) is 5.32 Å². The van der Waals surface area contributed by atoms with Crippen molar-refractivity contribution in [3.8, 4) is 5.75 Å². The SMILES string of the molecule is C=CCC1NC(=O)N(c2cccc(OC)c2)C1=O. The van der Waals surface area contributed by atoms with Gasteiger partial charge in [0.1, 0.15) is 11.8 Å². The van der Waals surface area contributed by atoms with E-state index in [1.54, 1.807) is 30.3 Å². The summed E-state index contributed by atoms with van der Waals surface area (Å²) < 4.78 is 5.07. The van der Waals surface area contributed by atoms with Gasteiger partial charge in [-0.1, -0.05) is 12.1 Å². The van der Waals surface area contributed by atoms with Crippen LogP contribution in [-0.4, -0.2) is 25.1 Å². The van der Waals surface area contributed by atoms with Crippen LogP contribution in [0.1, 0.15) is 6.42 Å². The molecule has 1 aromatic carbocycles. The zero-order chi connectivity index (χ0) is 13.1. The lowest BCUT2D eigenvalue weighted by molar-refractivity contribution is -0.118. The van der Waals surface area contributed by atoms with E-state index in [4.69, 9.17) is 4.74 Å². The third-order valence-electron chi connectivity index (χ3n) is 2.73. The second-order valence-corrected chi connectivity index (χ2v) is 3.90. The van der Waals surface area contributed by atoms with Crippen molar-refractivity contribution in [2.45, 2.75) is 12.5 Å². The summed E-state index contributed by atoms with van der Waals surface area (Å²) in [5.74, 6) is 0.327. The number of hydrogen-bond acceptors (Lipinski definition) is 3. The molecule has 1 fully saturated rings. The molecule has 0 spiro atoms. The molecule has 1 aliphatic rings. The standard InChI is InChI=1S/C13H14N2O3/c1-3-5-11-12(16)15(13(17)14-11)9-6-4-7-10(8-9)18-2/h3-4,6-8,11H,1,5H2,2H3,(H,14,17). The first-order chi connectivity index (χ1) is 8.67. The van der Waals surface area contributed by atoms with E-state index in [0.717, 1.165) is 4.90 Å². The van der Waals surface area contributed by atoms with Gasteiger partial charge < -0.3 is 10.1 Å². The van der Waals surface area contributed by atoms with Crippen molar-refractivity contribution >= 4 is 17.6 Å². The molecule has 0 aliphatic carbocycles. The van der Waals surface area contributed by atoms with E-state index in [1.807, 2.05) is 0 Å². The highest BCUT2D eigenvalue weighted by molar-refractivity contribution is 6.21. The highest BCUT2D eigenvalue weighted by atomic mass is 16.5. The molecule has 0 bridgehead atoms. The van der Waals surface area contributed by atoms with Crippen LogP contribution in [-0.2, 0) is 4.79 Å². The minimum atomic E-state index is -0.527. The Labute approximate surface area is 105 Å². The maximum Gasteiger partial charge on any atom is 0.329 e. The Morgan fingerprint density at radius 1 is 1.50 bits per heavy atom. The fourth-order valence-electron chi connectivity index (χ4n) is 1.85. The number of nitrogens with one attached hydrogen (secondary N) is 1. The molecule has 2 rings (SSSR count). The maximum atomic E-state index is 12.1. The Kier molecular flexibility index (Phi) is 3.32. The number of nitrogens with zero attached hydrogens (tertiary/aromatic N) is 1. The fourth-order valence-corrected chi connectivity index (χ4v) is 1.85. The van der Waals surface area contributed by atoms with Crippen LogP contribution in [0.25, 0.3) is 0 Å². The molecular formula is C13H14N2O3. The van der Waals surface area contributed by atoms with Crippen LogP contribution < -0.4 is 15.0 Å². The zero-order valence-electron chi connectivity index (χ0n) is 10.1. The Hall–Kier alpha value is -2.30. The Morgan fingerprint density at radius 2 is 2.28 bits per heavy atom. The van der Waals surface area contributed by atoms with E-state index >= 15 is 0 Å². The van der Waals surface area contributed by atoms with E-state index in [-0.39, 0.29) is 5.91 Å². The van der Waals surface area contributed by atoms with Gasteiger partial charge in [-0.3, -0.25) is 4.79 Å². The van der Waals surface area contributed by atoms with Crippen LogP contribution in [0.5, 0.6) is 5.75 Å². The van der Waals surface area contributed by atoms with E-state index < -0.39 is 12.1 Å². The third-order valence-corrected chi connectivity index (χ3v) is 2.73. The van der Waals surface area contributed by atoms with Crippen molar-refractivity contribution in [3.05, 3.63) is 36.9 Å². The normalized spacial score (nSPS) is 18.7. The Bertz CT molecular complexity index is 499. The zero-order valence-corrected chi connectivity index (χ0v) is 10.1. The van der Waals surface area contributed by atoms with Crippen molar-refractivity contribution in [3.63, 3.8) is 0 Å². The lowest BCUT2D eigenvalue weighted by atomic mass is 10.2. The number of rotatable bonds is 4. The highest BCUT2D eigenvalue weighted by Gasteiger charge is 2.38. The number of amides is 3. The van der Waals surface area contributed by atoms with Crippen LogP contribution >= 0.6 is 0 Å². The molecule has 5 heteroatoms. The number of methoxy groups -OCH3 is 1. The van der Waals surface area contributed by atoms with Crippen molar-refractivity contribution in [1.29, 1.82) is 0 Å². The number of ether oxygens (including phenoxy) is 1. The van der Waals surface area contributed by atoms with Crippen LogP contribution in [0.2, 0.25) is 0 Å². The van der Waals surface area contributed by atoms with Gasteiger partial charge in [0.2, 0.25) is 0 Å². The predicted octanol–water partition coefficient (Wildman–Crippen LogP) is 1.70. The van der Waals surface area contributed by atoms with Gasteiger partial charge in [0.05, 0.1) is 12.8 Å². The molecule has 0 aromatic heterocycles. The van der Waals surface area contributed by atoms with Gasteiger partial charge in [0.15, 0.2) is 0 Å². The topological polar surface area (TPSA) is 58.6 Å². The van der Waals surface area contributed by atoms with Crippen molar-refractivity contribution in [2.75, 3.05) is 12.0 Å². The van der Waals surface area contributed by atoms with Crippen LogP contribution in [0.3, 0.4) is 0 Å². The lowest BCUT2D eigenvalue weighted by Crippen LogP contribution is -2.31. The van der Waals surface area contributed by atoms with E-state index in [9.17, 15) is 9.59 Å². The Balaban J connectivity index is 2.29. The molecule has 0 saturated carbocycles. The Morgan fingerprint density at radius 3 is 2.94 bits per heavy atom. The second kappa shape index (κ2) is 4.91. The molecule has 1 atom stereocenters. The molecular weight excluding hydrogens is 232 g/mol. The molecule has 0 radical (unpaired) electrons. The molecule has 1 unspecified atom stereocenters. The highest BCUT2D eigenvalue weighted by Crippen LogP contribution is 2.24. The minimum absolute atomic E-state index is 0.270. The lowest BCUT2D eigenvalue weighted by Gasteiger charge is -2.13. The molecule has 5 nitrogen and oxygen atoms in total. The molecule has 3 amide bonds. The number of benzene rings is 1. The molecule has 1 aromatic rings. The maximum absolute atomic E-state index is 12.1. The number of hydrogen-bond donors (Lipinski definition) is 1. The van der Waals surface area contributed by atoms with Gasteiger partial charge in [0, 0.05) is 6.07 Å². The summed E-state index contributed by atoms with van der Waals surface area (Å²) in [5, 5.41) is 2.62. The average molecular weight is 246 g/mol. The second-order valence-electron chi connectivity index (χ2n) is 3.90. The number of anilines is 1. The first-order valence-corrected chi connectivity index (χ1v) is 5.56. The van der Waals surface area contributed by atoms with E-state index in [2.05, 4.69) is 11.9 Å².